The fourth-order valence-electron chi connectivity index (χ4n) is 2.65. The van der Waals surface area contributed by atoms with E-state index in [0.29, 0.717) is 6.54 Å². The highest BCUT2D eigenvalue weighted by Gasteiger charge is 2.20. The van der Waals surface area contributed by atoms with Crippen LogP contribution >= 0.6 is 0 Å². The van der Waals surface area contributed by atoms with E-state index in [4.69, 9.17) is 9.47 Å². The van der Waals surface area contributed by atoms with Gasteiger partial charge in [-0.2, -0.15) is 0 Å². The van der Waals surface area contributed by atoms with E-state index in [-0.39, 0.29) is 30.0 Å². The number of carbonyl (C=O) groups is 1. The summed E-state index contributed by atoms with van der Waals surface area (Å²) in [6, 6.07) is 13.5. The molecule has 0 saturated carbocycles. The van der Waals surface area contributed by atoms with Crippen LogP contribution in [0.15, 0.2) is 48.5 Å². The van der Waals surface area contributed by atoms with Crippen molar-refractivity contribution >= 4 is 11.6 Å². The Morgan fingerprint density at radius 3 is 2.41 bits per heavy atom. The highest BCUT2D eigenvalue weighted by atomic mass is 16.6. The van der Waals surface area contributed by atoms with Gasteiger partial charge in [-0.25, -0.2) is 0 Å². The van der Waals surface area contributed by atoms with Gasteiger partial charge in [0.2, 0.25) is 0 Å². The van der Waals surface area contributed by atoms with Crippen molar-refractivity contribution in [1.29, 1.82) is 0 Å². The number of hydrogen-bond acceptors (Lipinski definition) is 6. The third kappa shape index (κ3) is 5.42. The van der Waals surface area contributed by atoms with Crippen molar-refractivity contribution < 1.29 is 19.2 Å². The van der Waals surface area contributed by atoms with Crippen molar-refractivity contribution in [3.63, 3.8) is 0 Å². The number of hydrogen-bond donors (Lipinski definition) is 1. The van der Waals surface area contributed by atoms with Crippen molar-refractivity contribution in [2.24, 2.45) is 0 Å². The first-order valence-electron chi connectivity index (χ1n) is 8.36. The standard InChI is InChI=1S/C19H23N3O5/c1-21(2)16(14-8-4-6-10-17(14)26-3)12-20-19(23)13-27-18-11-7-5-9-15(18)22(24)25/h4-11,16H,12-13H2,1-3H3,(H,20,23). The fourth-order valence-corrected chi connectivity index (χ4v) is 2.65. The summed E-state index contributed by atoms with van der Waals surface area (Å²) in [5.74, 6) is 0.433. The molecule has 0 radical (unpaired) electrons. The van der Waals surface area contributed by atoms with E-state index in [1.54, 1.807) is 19.2 Å². The molecule has 1 N–H and O–H groups in total. The lowest BCUT2D eigenvalue weighted by Gasteiger charge is -2.26. The number of ether oxygens (including phenoxy) is 2. The number of nitrogens with one attached hydrogen (secondary N) is 1. The second-order valence-electron chi connectivity index (χ2n) is 6.04. The van der Waals surface area contributed by atoms with Gasteiger partial charge in [0.25, 0.3) is 5.91 Å². The van der Waals surface area contributed by atoms with E-state index in [1.807, 2.05) is 43.3 Å². The molecule has 0 aliphatic carbocycles. The molecule has 1 atom stereocenters. The highest BCUT2D eigenvalue weighted by Crippen LogP contribution is 2.27. The van der Waals surface area contributed by atoms with Gasteiger partial charge >= 0.3 is 5.69 Å². The Balaban J connectivity index is 1.98. The van der Waals surface area contributed by atoms with Crippen LogP contribution in [0.1, 0.15) is 11.6 Å². The van der Waals surface area contributed by atoms with Gasteiger partial charge in [0.05, 0.1) is 18.1 Å². The maximum atomic E-state index is 12.2. The van der Waals surface area contributed by atoms with Crippen LogP contribution in [0.2, 0.25) is 0 Å². The molecular formula is C19H23N3O5. The summed E-state index contributed by atoms with van der Waals surface area (Å²) >= 11 is 0. The Kier molecular flexibility index (Phi) is 7.13. The van der Waals surface area contributed by atoms with Crippen LogP contribution in [0, 0.1) is 10.1 Å². The number of para-hydroxylation sites is 3. The Morgan fingerprint density at radius 1 is 1.15 bits per heavy atom. The van der Waals surface area contributed by atoms with E-state index in [0.717, 1.165) is 11.3 Å². The van der Waals surface area contributed by atoms with Gasteiger partial charge in [-0.1, -0.05) is 30.3 Å². The third-order valence-corrected chi connectivity index (χ3v) is 4.03. The Labute approximate surface area is 157 Å². The number of carbonyl (C=O) groups excluding carboxylic acids is 1. The van der Waals surface area contributed by atoms with Gasteiger partial charge in [0, 0.05) is 18.2 Å². The lowest BCUT2D eigenvalue weighted by Crippen LogP contribution is -2.37. The molecule has 1 unspecified atom stereocenters. The van der Waals surface area contributed by atoms with E-state index in [1.165, 1.54) is 12.1 Å². The van der Waals surface area contributed by atoms with E-state index < -0.39 is 4.92 Å². The van der Waals surface area contributed by atoms with Gasteiger partial charge in [-0.15, -0.1) is 0 Å². The van der Waals surface area contributed by atoms with Crippen molar-refractivity contribution in [1.82, 2.24) is 10.2 Å². The van der Waals surface area contributed by atoms with Crippen molar-refractivity contribution in [2.45, 2.75) is 6.04 Å². The fraction of sp³-hybridized carbons (Fsp3) is 0.316. The number of likely N-dealkylation sites (N-methyl/N-ethyl adjacent to an activating group) is 1. The first-order valence-corrected chi connectivity index (χ1v) is 8.36. The minimum absolute atomic E-state index is 0.0616. The quantitative estimate of drug-likeness (QED) is 0.536. The van der Waals surface area contributed by atoms with Crippen LogP contribution in [0.4, 0.5) is 5.69 Å². The molecule has 27 heavy (non-hydrogen) atoms. The van der Waals surface area contributed by atoms with Crippen molar-refractivity contribution in [3.8, 4) is 11.5 Å². The molecule has 8 heteroatoms. The zero-order valence-electron chi connectivity index (χ0n) is 15.5. The summed E-state index contributed by atoms with van der Waals surface area (Å²) in [4.78, 5) is 24.6. The molecule has 0 heterocycles. The topological polar surface area (TPSA) is 93.9 Å². The number of rotatable bonds is 9. The average molecular weight is 373 g/mol. The number of amides is 1. The van der Waals surface area contributed by atoms with Crippen LogP contribution in [0.25, 0.3) is 0 Å². The number of nitro benzene ring substituents is 1. The second kappa shape index (κ2) is 9.54. The predicted octanol–water partition coefficient (Wildman–Crippen LogP) is 2.40. The van der Waals surface area contributed by atoms with Crippen LogP contribution in [-0.2, 0) is 4.79 Å². The Morgan fingerprint density at radius 2 is 1.78 bits per heavy atom. The Bertz CT molecular complexity index is 794. The average Bonchev–Trinajstić information content (AvgIpc) is 2.66. The molecule has 0 bridgehead atoms. The zero-order chi connectivity index (χ0) is 19.8. The Hall–Kier alpha value is -3.13. The maximum absolute atomic E-state index is 12.2. The third-order valence-electron chi connectivity index (χ3n) is 4.03. The van der Waals surface area contributed by atoms with Gasteiger partial charge < -0.3 is 19.7 Å². The second-order valence-corrected chi connectivity index (χ2v) is 6.04. The number of nitrogens with zero attached hydrogens (tertiary/aromatic N) is 2. The molecule has 0 spiro atoms. The summed E-state index contributed by atoms with van der Waals surface area (Å²) in [5, 5.41) is 13.8. The molecule has 2 aromatic carbocycles. The lowest BCUT2D eigenvalue weighted by molar-refractivity contribution is -0.385. The van der Waals surface area contributed by atoms with Crippen LogP contribution in [-0.4, -0.2) is 50.1 Å². The van der Waals surface area contributed by atoms with Crippen LogP contribution in [0.5, 0.6) is 11.5 Å². The van der Waals surface area contributed by atoms with Crippen molar-refractivity contribution in [3.05, 3.63) is 64.2 Å². The van der Waals surface area contributed by atoms with Crippen molar-refractivity contribution in [2.75, 3.05) is 34.4 Å². The molecule has 144 valence electrons. The first kappa shape index (κ1) is 20.2. The van der Waals surface area contributed by atoms with E-state index in [9.17, 15) is 14.9 Å². The monoisotopic (exact) mass is 373 g/mol. The maximum Gasteiger partial charge on any atom is 0.310 e. The summed E-state index contributed by atoms with van der Waals surface area (Å²) in [6.07, 6.45) is 0. The summed E-state index contributed by atoms with van der Waals surface area (Å²) < 4.78 is 10.7. The SMILES string of the molecule is COc1ccccc1C(CNC(=O)COc1ccccc1[N+](=O)[O-])N(C)C. The molecule has 0 aromatic heterocycles. The van der Waals surface area contributed by atoms with Gasteiger partial charge in [0.15, 0.2) is 12.4 Å². The molecule has 2 aromatic rings. The van der Waals surface area contributed by atoms with Gasteiger partial charge in [-0.3, -0.25) is 14.9 Å². The van der Waals surface area contributed by atoms with Gasteiger partial charge in [-0.05, 0) is 26.2 Å². The smallest absolute Gasteiger partial charge is 0.310 e. The normalized spacial score (nSPS) is 11.7. The predicted molar refractivity (Wildman–Crippen MR) is 101 cm³/mol. The molecule has 0 aliphatic heterocycles. The van der Waals surface area contributed by atoms with E-state index in [2.05, 4.69) is 5.32 Å². The molecule has 8 nitrogen and oxygen atoms in total. The number of nitro groups is 1. The zero-order valence-corrected chi connectivity index (χ0v) is 15.5. The summed E-state index contributed by atoms with van der Waals surface area (Å²) in [6.45, 7) is 0.0311. The lowest BCUT2D eigenvalue weighted by atomic mass is 10.0. The van der Waals surface area contributed by atoms with E-state index >= 15 is 0 Å². The molecule has 0 fully saturated rings. The highest BCUT2D eigenvalue weighted by molar-refractivity contribution is 5.77. The summed E-state index contributed by atoms with van der Waals surface area (Å²) in [7, 11) is 5.42. The number of benzene rings is 2. The minimum Gasteiger partial charge on any atom is -0.496 e. The summed E-state index contributed by atoms with van der Waals surface area (Å²) in [5.41, 5.74) is 0.774. The van der Waals surface area contributed by atoms with Crippen LogP contribution < -0.4 is 14.8 Å². The molecule has 1 amide bonds. The van der Waals surface area contributed by atoms with Gasteiger partial charge in [0.1, 0.15) is 5.75 Å². The molecule has 0 aliphatic rings. The van der Waals surface area contributed by atoms with Crippen LogP contribution in [0.3, 0.4) is 0 Å². The molecular weight excluding hydrogens is 350 g/mol. The minimum atomic E-state index is -0.545. The number of methoxy groups -OCH3 is 1. The molecule has 2 rings (SSSR count). The first-order chi connectivity index (χ1) is 12.9. The largest absolute Gasteiger partial charge is 0.496 e. The molecule has 0 saturated heterocycles.